The number of fused-ring (bicyclic) bond motifs is 1. The van der Waals surface area contributed by atoms with E-state index in [2.05, 4.69) is 42.3 Å². The van der Waals surface area contributed by atoms with Crippen LogP contribution < -0.4 is 15.0 Å². The van der Waals surface area contributed by atoms with Gasteiger partial charge < -0.3 is 24.4 Å². The number of nitrogens with one attached hydrogen (secondary N) is 2. The second-order valence-corrected chi connectivity index (χ2v) is 8.78. The summed E-state index contributed by atoms with van der Waals surface area (Å²) in [5.41, 5.74) is 2.64. The maximum absolute atomic E-state index is 15.3. The van der Waals surface area contributed by atoms with E-state index < -0.39 is 5.82 Å². The summed E-state index contributed by atoms with van der Waals surface area (Å²) < 4.78 is 23.2. The summed E-state index contributed by atoms with van der Waals surface area (Å²) in [5, 5.41) is 11.0. The second kappa shape index (κ2) is 9.38. The molecule has 5 rings (SSSR count). The largest absolute Gasteiger partial charge is 0.421 e. The van der Waals surface area contributed by atoms with Crippen LogP contribution in [0.4, 0.5) is 21.8 Å². The molecule has 0 radical (unpaired) electrons. The van der Waals surface area contributed by atoms with Gasteiger partial charge in [0.2, 0.25) is 0 Å². The molecule has 4 heterocycles. The van der Waals surface area contributed by atoms with Crippen molar-refractivity contribution in [2.24, 2.45) is 7.05 Å². The first-order chi connectivity index (χ1) is 16.9. The van der Waals surface area contributed by atoms with Crippen LogP contribution in [0.25, 0.3) is 17.0 Å². The van der Waals surface area contributed by atoms with Crippen LogP contribution in [-0.2, 0) is 7.05 Å². The van der Waals surface area contributed by atoms with Crippen LogP contribution in [0.5, 0.6) is 11.8 Å². The first-order valence-corrected chi connectivity index (χ1v) is 11.6. The number of likely N-dealkylation sites (N-methyl/N-ethyl adjacent to an activating group) is 1. The van der Waals surface area contributed by atoms with Crippen LogP contribution in [0, 0.1) is 12.7 Å². The van der Waals surface area contributed by atoms with E-state index in [1.165, 1.54) is 0 Å². The molecule has 0 aliphatic carbocycles. The number of ether oxygens (including phenoxy) is 1. The minimum absolute atomic E-state index is 0.0686. The Labute approximate surface area is 203 Å². The van der Waals surface area contributed by atoms with Crippen LogP contribution in [0.3, 0.4) is 0 Å². The first-order valence-electron chi connectivity index (χ1n) is 11.6. The Morgan fingerprint density at radius 1 is 1.06 bits per heavy atom. The number of nitrogens with zero attached hydrogens (tertiary/aromatic N) is 6. The van der Waals surface area contributed by atoms with E-state index in [-0.39, 0.29) is 11.8 Å². The number of H-pyrrole nitrogens is 1. The van der Waals surface area contributed by atoms with Crippen LogP contribution in [0.2, 0.25) is 0 Å². The molecule has 2 N–H and O–H groups in total. The fourth-order valence-corrected chi connectivity index (χ4v) is 4.18. The maximum atomic E-state index is 15.3. The zero-order valence-electron chi connectivity index (χ0n) is 20.3. The third kappa shape index (κ3) is 4.69. The van der Waals surface area contributed by atoms with Gasteiger partial charge in [0.1, 0.15) is 11.6 Å². The molecule has 1 aliphatic heterocycles. The molecule has 0 spiro atoms. The van der Waals surface area contributed by atoms with Crippen molar-refractivity contribution in [1.82, 2.24) is 29.6 Å². The van der Waals surface area contributed by atoms with E-state index in [1.807, 2.05) is 61.9 Å². The molecule has 0 amide bonds. The molecular weight excluding hydrogens is 447 g/mol. The number of hydrogen-bond acceptors (Lipinski definition) is 7. The molecule has 10 heteroatoms. The van der Waals surface area contributed by atoms with Gasteiger partial charge in [-0.05, 0) is 45.2 Å². The second-order valence-electron chi connectivity index (χ2n) is 8.78. The Morgan fingerprint density at radius 3 is 2.63 bits per heavy atom. The van der Waals surface area contributed by atoms with Gasteiger partial charge in [0.15, 0.2) is 17.4 Å². The topological polar surface area (TPSA) is 87.1 Å². The third-order valence-corrected chi connectivity index (χ3v) is 6.29. The molecule has 0 unspecified atom stereocenters. The lowest BCUT2D eigenvalue weighted by molar-refractivity contribution is 0.311. The predicted molar refractivity (Wildman–Crippen MR) is 136 cm³/mol. The van der Waals surface area contributed by atoms with Crippen LogP contribution >= 0.6 is 0 Å². The summed E-state index contributed by atoms with van der Waals surface area (Å²) in [4.78, 5) is 13.6. The Kier molecular flexibility index (Phi) is 6.12. The van der Waals surface area contributed by atoms with Crippen molar-refractivity contribution in [2.45, 2.75) is 13.8 Å². The molecular formula is C25H29FN8O. The number of hydrogen-bond donors (Lipinski definition) is 2. The monoisotopic (exact) mass is 476 g/mol. The predicted octanol–water partition coefficient (Wildman–Crippen LogP) is 4.46. The van der Waals surface area contributed by atoms with E-state index in [0.29, 0.717) is 22.8 Å². The van der Waals surface area contributed by atoms with Gasteiger partial charge in [-0.25, -0.2) is 4.39 Å². The van der Waals surface area contributed by atoms with E-state index in [9.17, 15) is 0 Å². The minimum Gasteiger partial charge on any atom is -0.421 e. The van der Waals surface area contributed by atoms with E-state index in [1.54, 1.807) is 6.07 Å². The molecule has 4 aromatic rings. The highest BCUT2D eigenvalue weighted by molar-refractivity contribution is 5.83. The summed E-state index contributed by atoms with van der Waals surface area (Å²) in [6.07, 6.45) is 3.85. The lowest BCUT2D eigenvalue weighted by Crippen LogP contribution is -2.44. The lowest BCUT2D eigenvalue weighted by atomic mass is 10.2. The SMILES string of the molecule is C/C=C\c1cc(Nc2cc(N3CCN(C)CC3)nc(Oc3ccc4c(cc(C)n4C)c3F)n2)n[nH]1. The highest BCUT2D eigenvalue weighted by Gasteiger charge is 2.20. The smallest absolute Gasteiger partial charge is 0.326 e. The van der Waals surface area contributed by atoms with Crippen molar-refractivity contribution >= 4 is 34.4 Å². The summed E-state index contributed by atoms with van der Waals surface area (Å²) in [5.74, 6) is 1.49. The molecule has 9 nitrogen and oxygen atoms in total. The normalized spacial score (nSPS) is 14.8. The average Bonchev–Trinajstić information content (AvgIpc) is 3.40. The minimum atomic E-state index is -0.433. The molecule has 0 saturated carbocycles. The van der Waals surface area contributed by atoms with Crippen molar-refractivity contribution in [1.29, 1.82) is 0 Å². The number of benzene rings is 1. The van der Waals surface area contributed by atoms with Gasteiger partial charge in [-0.1, -0.05) is 6.08 Å². The Bertz CT molecular complexity index is 1380. The van der Waals surface area contributed by atoms with Gasteiger partial charge in [-0.2, -0.15) is 15.1 Å². The van der Waals surface area contributed by atoms with Crippen LogP contribution in [-0.4, -0.2) is 62.9 Å². The van der Waals surface area contributed by atoms with Crippen LogP contribution in [0.1, 0.15) is 18.3 Å². The van der Waals surface area contributed by atoms with Crippen molar-refractivity contribution in [3.63, 3.8) is 0 Å². The van der Waals surface area contributed by atoms with Gasteiger partial charge in [-0.3, -0.25) is 5.10 Å². The molecule has 35 heavy (non-hydrogen) atoms. The van der Waals surface area contributed by atoms with Crippen LogP contribution in [0.15, 0.2) is 36.4 Å². The fourth-order valence-electron chi connectivity index (χ4n) is 4.18. The van der Waals surface area contributed by atoms with E-state index >= 15 is 4.39 Å². The number of piperazine rings is 1. The first kappa shape index (κ1) is 22.9. The highest BCUT2D eigenvalue weighted by Crippen LogP contribution is 2.32. The van der Waals surface area contributed by atoms with Crippen molar-refractivity contribution < 1.29 is 9.13 Å². The number of allylic oxidation sites excluding steroid dienone is 1. The summed E-state index contributed by atoms with van der Waals surface area (Å²) in [7, 11) is 4.01. The zero-order chi connectivity index (χ0) is 24.5. The quantitative estimate of drug-likeness (QED) is 0.425. The van der Waals surface area contributed by atoms with E-state index in [4.69, 9.17) is 4.74 Å². The third-order valence-electron chi connectivity index (χ3n) is 6.29. The molecule has 3 aromatic heterocycles. The van der Waals surface area contributed by atoms with Gasteiger partial charge in [0.25, 0.3) is 0 Å². The van der Waals surface area contributed by atoms with Crippen molar-refractivity contribution in [2.75, 3.05) is 43.4 Å². The lowest BCUT2D eigenvalue weighted by Gasteiger charge is -2.33. The number of aryl methyl sites for hydroxylation is 2. The Hall–Kier alpha value is -3.92. The fraction of sp³-hybridized carbons (Fsp3) is 0.320. The number of aromatic amines is 1. The van der Waals surface area contributed by atoms with Gasteiger partial charge >= 0.3 is 6.01 Å². The number of aromatic nitrogens is 5. The number of rotatable bonds is 6. The number of anilines is 3. The summed E-state index contributed by atoms with van der Waals surface area (Å²) >= 11 is 0. The molecule has 1 saturated heterocycles. The summed E-state index contributed by atoms with van der Waals surface area (Å²) in [6.45, 7) is 7.38. The van der Waals surface area contributed by atoms with Crippen molar-refractivity contribution in [3.05, 3.63) is 53.6 Å². The molecule has 182 valence electrons. The molecule has 1 aliphatic rings. The average molecular weight is 477 g/mol. The van der Waals surface area contributed by atoms with Gasteiger partial charge in [-0.15, -0.1) is 0 Å². The molecule has 0 bridgehead atoms. The van der Waals surface area contributed by atoms with Gasteiger partial charge in [0, 0.05) is 56.4 Å². The van der Waals surface area contributed by atoms with Gasteiger partial charge in [0.05, 0.1) is 11.2 Å². The molecule has 1 fully saturated rings. The maximum Gasteiger partial charge on any atom is 0.326 e. The van der Waals surface area contributed by atoms with E-state index in [0.717, 1.165) is 43.1 Å². The standard InChI is InChI=1S/C25H29FN8O/c1-5-6-17-14-22(31-30-17)27-21-15-23(34-11-9-32(3)10-12-34)29-25(28-21)35-20-8-7-19-18(24(20)26)13-16(2)33(19)4/h5-8,13-15H,9-12H2,1-4H3,(H2,27,28,29,30,31)/b6-5-. The summed E-state index contributed by atoms with van der Waals surface area (Å²) in [6, 6.07) is 9.08. The molecule has 1 aromatic carbocycles. The zero-order valence-corrected chi connectivity index (χ0v) is 20.3. The Morgan fingerprint density at radius 2 is 1.86 bits per heavy atom. The number of halogens is 1. The molecule has 0 atom stereocenters. The Balaban J connectivity index is 1.49. The highest BCUT2D eigenvalue weighted by atomic mass is 19.1. The van der Waals surface area contributed by atoms with Crippen molar-refractivity contribution in [3.8, 4) is 11.8 Å².